The maximum absolute atomic E-state index is 5.47. The summed E-state index contributed by atoms with van der Waals surface area (Å²) in [7, 11) is 0. The molecule has 0 bridgehead atoms. The van der Waals surface area contributed by atoms with Gasteiger partial charge in [0.2, 0.25) is 0 Å². The van der Waals surface area contributed by atoms with E-state index in [9.17, 15) is 0 Å². The van der Waals surface area contributed by atoms with Crippen LogP contribution < -0.4 is 4.74 Å². The Balaban J connectivity index is 2.33. The normalized spacial score (nSPS) is 16.3. The monoisotopic (exact) mass is 209 g/mol. The third kappa shape index (κ3) is 1.73. The Morgan fingerprint density at radius 2 is 2.13 bits per heavy atom. The summed E-state index contributed by atoms with van der Waals surface area (Å²) in [5.74, 6) is 1.41. The standard InChI is InChI=1S/C11H19N3O/c1-8(2)11(3,4)9-12-10-14(13-9)6-5-7-15-10/h8H,5-7H2,1-4H3. The topological polar surface area (TPSA) is 39.9 Å². The summed E-state index contributed by atoms with van der Waals surface area (Å²) in [5, 5.41) is 4.52. The van der Waals surface area contributed by atoms with Gasteiger partial charge in [-0.1, -0.05) is 27.7 Å². The zero-order chi connectivity index (χ0) is 11.1. The summed E-state index contributed by atoms with van der Waals surface area (Å²) in [5.41, 5.74) is 0.00764. The van der Waals surface area contributed by atoms with E-state index in [1.807, 2.05) is 4.68 Å². The Morgan fingerprint density at radius 3 is 2.73 bits per heavy atom. The van der Waals surface area contributed by atoms with Crippen LogP contribution in [0.2, 0.25) is 0 Å². The predicted octanol–water partition coefficient (Wildman–Crippen LogP) is 1.99. The molecule has 0 amide bonds. The van der Waals surface area contributed by atoms with E-state index < -0.39 is 0 Å². The molecule has 4 nitrogen and oxygen atoms in total. The molecule has 0 saturated heterocycles. The van der Waals surface area contributed by atoms with Gasteiger partial charge in [0.05, 0.1) is 6.61 Å². The minimum atomic E-state index is 0.00764. The number of ether oxygens (including phenoxy) is 1. The van der Waals surface area contributed by atoms with Crippen molar-refractivity contribution in [3.8, 4) is 6.01 Å². The van der Waals surface area contributed by atoms with E-state index in [2.05, 4.69) is 37.8 Å². The molecule has 1 aromatic heterocycles. The highest BCUT2D eigenvalue weighted by molar-refractivity contribution is 5.10. The zero-order valence-electron chi connectivity index (χ0n) is 9.95. The summed E-state index contributed by atoms with van der Waals surface area (Å²) in [6.07, 6.45) is 1.03. The van der Waals surface area contributed by atoms with Crippen LogP contribution in [0, 0.1) is 5.92 Å². The molecule has 0 unspecified atom stereocenters. The van der Waals surface area contributed by atoms with Gasteiger partial charge in [0.25, 0.3) is 0 Å². The van der Waals surface area contributed by atoms with Gasteiger partial charge < -0.3 is 4.74 Å². The van der Waals surface area contributed by atoms with Crippen LogP contribution in [-0.2, 0) is 12.0 Å². The second-order valence-electron chi connectivity index (χ2n) is 5.02. The van der Waals surface area contributed by atoms with E-state index in [-0.39, 0.29) is 5.41 Å². The van der Waals surface area contributed by atoms with Gasteiger partial charge in [0, 0.05) is 18.4 Å². The molecule has 0 saturated carbocycles. The van der Waals surface area contributed by atoms with Gasteiger partial charge >= 0.3 is 6.01 Å². The van der Waals surface area contributed by atoms with E-state index in [1.54, 1.807) is 0 Å². The molecule has 0 fully saturated rings. The Morgan fingerprint density at radius 1 is 1.40 bits per heavy atom. The van der Waals surface area contributed by atoms with E-state index in [1.165, 1.54) is 0 Å². The summed E-state index contributed by atoms with van der Waals surface area (Å²) in [6, 6.07) is 0.685. The molecule has 1 aliphatic heterocycles. The molecule has 1 aliphatic rings. The van der Waals surface area contributed by atoms with Crippen molar-refractivity contribution in [2.24, 2.45) is 5.92 Å². The second-order valence-corrected chi connectivity index (χ2v) is 5.02. The fourth-order valence-electron chi connectivity index (χ4n) is 1.49. The van der Waals surface area contributed by atoms with Gasteiger partial charge in [0.1, 0.15) is 0 Å². The number of rotatable bonds is 2. The van der Waals surface area contributed by atoms with Gasteiger partial charge in [-0.15, -0.1) is 0 Å². The summed E-state index contributed by atoms with van der Waals surface area (Å²) in [4.78, 5) is 4.47. The van der Waals surface area contributed by atoms with Crippen molar-refractivity contribution in [3.63, 3.8) is 0 Å². The number of aromatic nitrogens is 3. The van der Waals surface area contributed by atoms with Crippen molar-refractivity contribution in [3.05, 3.63) is 5.82 Å². The van der Waals surface area contributed by atoms with E-state index in [4.69, 9.17) is 4.74 Å². The fraction of sp³-hybridized carbons (Fsp3) is 0.818. The van der Waals surface area contributed by atoms with E-state index in [0.717, 1.165) is 25.4 Å². The van der Waals surface area contributed by atoms with Crippen LogP contribution in [0.25, 0.3) is 0 Å². The highest BCUT2D eigenvalue weighted by Crippen LogP contribution is 2.30. The average molecular weight is 209 g/mol. The Hall–Kier alpha value is -1.06. The van der Waals surface area contributed by atoms with Crippen molar-refractivity contribution in [1.82, 2.24) is 14.8 Å². The quantitative estimate of drug-likeness (QED) is 0.748. The highest BCUT2D eigenvalue weighted by Gasteiger charge is 2.31. The maximum Gasteiger partial charge on any atom is 0.315 e. The maximum atomic E-state index is 5.47. The van der Waals surface area contributed by atoms with Crippen LogP contribution in [0.4, 0.5) is 0 Å². The molecule has 2 rings (SSSR count). The molecular formula is C11H19N3O. The van der Waals surface area contributed by atoms with Gasteiger partial charge in [-0.2, -0.15) is 10.1 Å². The van der Waals surface area contributed by atoms with Crippen molar-refractivity contribution in [1.29, 1.82) is 0 Å². The van der Waals surface area contributed by atoms with Crippen LogP contribution in [0.5, 0.6) is 6.01 Å². The molecule has 0 aliphatic carbocycles. The molecule has 15 heavy (non-hydrogen) atoms. The fourth-order valence-corrected chi connectivity index (χ4v) is 1.49. The first-order valence-corrected chi connectivity index (χ1v) is 5.60. The molecule has 1 aromatic rings. The first-order chi connectivity index (χ1) is 7.01. The lowest BCUT2D eigenvalue weighted by molar-refractivity contribution is 0.221. The summed E-state index contributed by atoms with van der Waals surface area (Å²) >= 11 is 0. The van der Waals surface area contributed by atoms with Crippen LogP contribution in [0.1, 0.15) is 39.9 Å². The molecule has 2 heterocycles. The Bertz CT molecular complexity index is 331. The highest BCUT2D eigenvalue weighted by atomic mass is 16.5. The van der Waals surface area contributed by atoms with Gasteiger partial charge in [-0.25, -0.2) is 4.68 Å². The molecule has 84 valence electrons. The van der Waals surface area contributed by atoms with Gasteiger partial charge in [0.15, 0.2) is 5.82 Å². The smallest absolute Gasteiger partial charge is 0.315 e. The van der Waals surface area contributed by atoms with E-state index >= 15 is 0 Å². The number of hydrogen-bond acceptors (Lipinski definition) is 3. The van der Waals surface area contributed by atoms with Crippen molar-refractivity contribution < 1.29 is 4.74 Å². The second kappa shape index (κ2) is 3.51. The first-order valence-electron chi connectivity index (χ1n) is 5.60. The Labute approximate surface area is 90.7 Å². The number of nitrogens with zero attached hydrogens (tertiary/aromatic N) is 3. The average Bonchev–Trinajstić information content (AvgIpc) is 2.61. The van der Waals surface area contributed by atoms with Crippen LogP contribution >= 0.6 is 0 Å². The van der Waals surface area contributed by atoms with Crippen LogP contribution in [0.15, 0.2) is 0 Å². The lowest BCUT2D eigenvalue weighted by Gasteiger charge is -2.25. The number of aryl methyl sites for hydroxylation is 1. The first kappa shape index (κ1) is 10.5. The third-order valence-electron chi connectivity index (χ3n) is 3.40. The molecule has 0 spiro atoms. The molecule has 0 N–H and O–H groups in total. The number of hydrogen-bond donors (Lipinski definition) is 0. The predicted molar refractivity (Wildman–Crippen MR) is 58.0 cm³/mol. The molecule has 4 heteroatoms. The minimum absolute atomic E-state index is 0.00764. The minimum Gasteiger partial charge on any atom is -0.464 e. The van der Waals surface area contributed by atoms with Gasteiger partial charge in [-0.3, -0.25) is 0 Å². The molecule has 0 atom stereocenters. The van der Waals surface area contributed by atoms with Crippen molar-refractivity contribution in [2.45, 2.75) is 46.1 Å². The van der Waals surface area contributed by atoms with Crippen LogP contribution in [-0.4, -0.2) is 21.4 Å². The largest absolute Gasteiger partial charge is 0.464 e. The number of fused-ring (bicyclic) bond motifs is 1. The Kier molecular flexibility index (Phi) is 2.44. The van der Waals surface area contributed by atoms with Crippen molar-refractivity contribution in [2.75, 3.05) is 6.61 Å². The van der Waals surface area contributed by atoms with Crippen molar-refractivity contribution >= 4 is 0 Å². The summed E-state index contributed by atoms with van der Waals surface area (Å²) < 4.78 is 7.35. The lowest BCUT2D eigenvalue weighted by atomic mass is 9.80. The van der Waals surface area contributed by atoms with Gasteiger partial charge in [-0.05, 0) is 5.92 Å². The summed E-state index contributed by atoms with van der Waals surface area (Å²) in [6.45, 7) is 10.4. The lowest BCUT2D eigenvalue weighted by Crippen LogP contribution is -2.26. The van der Waals surface area contributed by atoms with Crippen LogP contribution in [0.3, 0.4) is 0 Å². The third-order valence-corrected chi connectivity index (χ3v) is 3.40. The van der Waals surface area contributed by atoms with E-state index in [0.29, 0.717) is 11.9 Å². The molecule has 0 aromatic carbocycles. The molecular weight excluding hydrogens is 190 g/mol. The SMILES string of the molecule is CC(C)C(C)(C)c1nc2n(n1)CCCO2. The molecule has 0 radical (unpaired) electrons. The zero-order valence-corrected chi connectivity index (χ0v) is 9.95.